The summed E-state index contributed by atoms with van der Waals surface area (Å²) in [6.07, 6.45) is 7.93. The van der Waals surface area contributed by atoms with Crippen molar-refractivity contribution in [1.82, 2.24) is 10.6 Å². The minimum Gasteiger partial charge on any atom is -0.444 e. The Morgan fingerprint density at radius 2 is 2.00 bits per heavy atom. The Kier molecular flexibility index (Phi) is 3.08. The second-order valence-corrected chi connectivity index (χ2v) is 7.11. The maximum Gasteiger partial charge on any atom is 0.407 e. The van der Waals surface area contributed by atoms with Crippen molar-refractivity contribution in [1.29, 1.82) is 0 Å². The summed E-state index contributed by atoms with van der Waals surface area (Å²) in [6.45, 7) is 5.66. The molecule has 2 saturated carbocycles. The van der Waals surface area contributed by atoms with Gasteiger partial charge in [-0.3, -0.25) is 0 Å². The molecule has 0 bridgehead atoms. The number of allylic oxidation sites excluding steroid dienone is 1. The molecule has 3 aliphatic carbocycles. The number of amides is 1. The average Bonchev–Trinajstić information content (AvgIpc) is 2.84. The molecule has 0 saturated heterocycles. The minimum atomic E-state index is -0.419. The van der Waals surface area contributed by atoms with Crippen molar-refractivity contribution >= 4 is 6.09 Å². The largest absolute Gasteiger partial charge is 0.444 e. The van der Waals surface area contributed by atoms with Crippen LogP contribution in [0.15, 0.2) is 12.2 Å². The summed E-state index contributed by atoms with van der Waals surface area (Å²) in [7, 11) is 0. The Labute approximate surface area is 115 Å². The van der Waals surface area contributed by atoms with Gasteiger partial charge in [0.2, 0.25) is 0 Å². The van der Waals surface area contributed by atoms with Crippen LogP contribution in [-0.2, 0) is 4.74 Å². The first-order chi connectivity index (χ1) is 8.92. The standard InChI is InChI=1S/C15H24N2O2/c1-15(2,3)19-14(18)17-13-8-12(13)16-11-7-9-5-4-6-10(9)11/h4,6,9-13,16H,5,7-8H2,1-3H3,(H,17,18). The lowest BCUT2D eigenvalue weighted by molar-refractivity contribution is 0.0520. The molecular weight excluding hydrogens is 240 g/mol. The molecule has 4 heteroatoms. The van der Waals surface area contributed by atoms with Crippen molar-refractivity contribution in [3.63, 3.8) is 0 Å². The quantitative estimate of drug-likeness (QED) is 0.768. The molecular formula is C15H24N2O2. The first-order valence-corrected chi connectivity index (χ1v) is 7.34. The third kappa shape index (κ3) is 2.94. The first-order valence-electron chi connectivity index (χ1n) is 7.34. The molecule has 5 unspecified atom stereocenters. The number of alkyl carbamates (subject to hydrolysis) is 1. The molecule has 2 fully saturated rings. The van der Waals surface area contributed by atoms with Gasteiger partial charge in [-0.25, -0.2) is 4.79 Å². The Bertz CT molecular complexity index is 399. The Balaban J connectivity index is 1.38. The van der Waals surface area contributed by atoms with Crippen molar-refractivity contribution in [2.24, 2.45) is 11.8 Å². The zero-order valence-corrected chi connectivity index (χ0v) is 12.0. The highest BCUT2D eigenvalue weighted by atomic mass is 16.6. The van der Waals surface area contributed by atoms with Crippen molar-refractivity contribution in [3.05, 3.63) is 12.2 Å². The highest BCUT2D eigenvalue weighted by molar-refractivity contribution is 5.68. The monoisotopic (exact) mass is 264 g/mol. The summed E-state index contributed by atoms with van der Waals surface area (Å²) >= 11 is 0. The Hall–Kier alpha value is -1.03. The maximum absolute atomic E-state index is 11.6. The van der Waals surface area contributed by atoms with E-state index in [1.807, 2.05) is 20.8 Å². The van der Waals surface area contributed by atoms with Gasteiger partial charge in [0.25, 0.3) is 0 Å². The first kappa shape index (κ1) is 13.0. The van der Waals surface area contributed by atoms with Crippen molar-refractivity contribution in [2.75, 3.05) is 0 Å². The zero-order valence-electron chi connectivity index (χ0n) is 12.0. The number of fused-ring (bicyclic) bond motifs is 1. The van der Waals surface area contributed by atoms with E-state index in [1.54, 1.807) is 0 Å². The predicted octanol–water partition coefficient (Wildman–Crippen LogP) is 2.21. The van der Waals surface area contributed by atoms with Crippen LogP contribution in [0.3, 0.4) is 0 Å². The molecule has 5 atom stereocenters. The fraction of sp³-hybridized carbons (Fsp3) is 0.800. The second kappa shape index (κ2) is 4.51. The molecule has 3 rings (SSSR count). The lowest BCUT2D eigenvalue weighted by atomic mass is 9.71. The fourth-order valence-electron chi connectivity index (χ4n) is 3.18. The summed E-state index contributed by atoms with van der Waals surface area (Å²) < 4.78 is 5.26. The van der Waals surface area contributed by atoms with E-state index >= 15 is 0 Å². The maximum atomic E-state index is 11.6. The van der Waals surface area contributed by atoms with Crippen LogP contribution in [0.2, 0.25) is 0 Å². The molecule has 0 aromatic rings. The van der Waals surface area contributed by atoms with E-state index in [0.717, 1.165) is 18.3 Å². The van der Waals surface area contributed by atoms with Crippen LogP contribution >= 0.6 is 0 Å². The Morgan fingerprint density at radius 3 is 2.68 bits per heavy atom. The molecule has 0 radical (unpaired) electrons. The number of hydrogen-bond acceptors (Lipinski definition) is 3. The number of carbonyl (C=O) groups excluding carboxylic acids is 1. The van der Waals surface area contributed by atoms with Crippen molar-refractivity contribution in [2.45, 2.75) is 63.8 Å². The van der Waals surface area contributed by atoms with Crippen LogP contribution in [0.25, 0.3) is 0 Å². The van der Waals surface area contributed by atoms with E-state index in [0.29, 0.717) is 12.1 Å². The summed E-state index contributed by atoms with van der Waals surface area (Å²) in [6, 6.07) is 1.31. The van der Waals surface area contributed by atoms with Gasteiger partial charge in [0.1, 0.15) is 5.60 Å². The van der Waals surface area contributed by atoms with Gasteiger partial charge in [-0.2, -0.15) is 0 Å². The molecule has 0 heterocycles. The van der Waals surface area contributed by atoms with Gasteiger partial charge in [0, 0.05) is 18.1 Å². The van der Waals surface area contributed by atoms with Gasteiger partial charge < -0.3 is 15.4 Å². The van der Waals surface area contributed by atoms with E-state index in [4.69, 9.17) is 4.74 Å². The molecule has 106 valence electrons. The van der Waals surface area contributed by atoms with Gasteiger partial charge in [0.15, 0.2) is 0 Å². The van der Waals surface area contributed by atoms with E-state index in [-0.39, 0.29) is 12.1 Å². The molecule has 1 amide bonds. The summed E-state index contributed by atoms with van der Waals surface area (Å²) in [5, 5.41) is 6.59. The predicted molar refractivity (Wildman–Crippen MR) is 73.8 cm³/mol. The normalized spacial score (nSPS) is 39.4. The van der Waals surface area contributed by atoms with Crippen LogP contribution in [0.5, 0.6) is 0 Å². The minimum absolute atomic E-state index is 0.249. The molecule has 3 aliphatic rings. The highest BCUT2D eigenvalue weighted by Crippen LogP contribution is 2.43. The molecule has 2 N–H and O–H groups in total. The topological polar surface area (TPSA) is 50.4 Å². The molecule has 0 aromatic heterocycles. The number of hydrogen-bond donors (Lipinski definition) is 2. The second-order valence-electron chi connectivity index (χ2n) is 7.11. The zero-order chi connectivity index (χ0) is 13.6. The lowest BCUT2D eigenvalue weighted by Crippen LogP contribution is -2.50. The third-order valence-corrected chi connectivity index (χ3v) is 4.28. The van der Waals surface area contributed by atoms with E-state index < -0.39 is 5.60 Å². The average molecular weight is 264 g/mol. The number of nitrogens with one attached hydrogen (secondary N) is 2. The van der Waals surface area contributed by atoms with Crippen LogP contribution < -0.4 is 10.6 Å². The van der Waals surface area contributed by atoms with E-state index in [9.17, 15) is 4.79 Å². The summed E-state index contributed by atoms with van der Waals surface area (Å²) in [5.74, 6) is 1.62. The lowest BCUT2D eigenvalue weighted by Gasteiger charge is -2.41. The van der Waals surface area contributed by atoms with Crippen molar-refractivity contribution in [3.8, 4) is 0 Å². The molecule has 4 nitrogen and oxygen atoms in total. The van der Waals surface area contributed by atoms with Gasteiger partial charge >= 0.3 is 6.09 Å². The molecule has 0 aliphatic heterocycles. The molecule has 19 heavy (non-hydrogen) atoms. The smallest absolute Gasteiger partial charge is 0.407 e. The Morgan fingerprint density at radius 1 is 1.21 bits per heavy atom. The van der Waals surface area contributed by atoms with E-state index in [1.165, 1.54) is 12.8 Å². The number of ether oxygens (including phenoxy) is 1. The highest BCUT2D eigenvalue weighted by Gasteiger charge is 2.47. The summed E-state index contributed by atoms with van der Waals surface area (Å²) in [5.41, 5.74) is -0.419. The van der Waals surface area contributed by atoms with Crippen LogP contribution in [0, 0.1) is 11.8 Å². The van der Waals surface area contributed by atoms with Gasteiger partial charge in [-0.05, 0) is 51.9 Å². The summed E-state index contributed by atoms with van der Waals surface area (Å²) in [4.78, 5) is 11.6. The number of carbonyl (C=O) groups is 1. The SMILES string of the molecule is CC(C)(C)OC(=O)NC1CC1NC1CC2CC=CC21. The van der Waals surface area contributed by atoms with Gasteiger partial charge in [0.05, 0.1) is 0 Å². The van der Waals surface area contributed by atoms with Gasteiger partial charge in [-0.15, -0.1) is 0 Å². The molecule has 0 spiro atoms. The van der Waals surface area contributed by atoms with Crippen LogP contribution in [-0.4, -0.2) is 29.8 Å². The van der Waals surface area contributed by atoms with Gasteiger partial charge in [-0.1, -0.05) is 12.2 Å². The number of rotatable bonds is 3. The van der Waals surface area contributed by atoms with Crippen LogP contribution in [0.1, 0.15) is 40.0 Å². The molecule has 0 aromatic carbocycles. The van der Waals surface area contributed by atoms with Crippen molar-refractivity contribution < 1.29 is 9.53 Å². The van der Waals surface area contributed by atoms with E-state index in [2.05, 4.69) is 22.8 Å². The fourth-order valence-corrected chi connectivity index (χ4v) is 3.18. The third-order valence-electron chi connectivity index (χ3n) is 4.28. The van der Waals surface area contributed by atoms with Crippen LogP contribution in [0.4, 0.5) is 4.79 Å².